The summed E-state index contributed by atoms with van der Waals surface area (Å²) in [4.78, 5) is 29.7. The molecule has 0 spiro atoms. The van der Waals surface area contributed by atoms with Gasteiger partial charge >= 0.3 is 0 Å². The monoisotopic (exact) mass is 430 g/mol. The van der Waals surface area contributed by atoms with Crippen molar-refractivity contribution in [2.45, 2.75) is 18.9 Å². The molecule has 1 atom stereocenters. The first-order valence-electron chi connectivity index (χ1n) is 9.06. The van der Waals surface area contributed by atoms with Gasteiger partial charge in [-0.2, -0.15) is 0 Å². The third-order valence-corrected chi connectivity index (χ3v) is 7.00. The molecule has 144 valence electrons. The number of benzene rings is 1. The topological polar surface area (TPSA) is 49.4 Å². The van der Waals surface area contributed by atoms with Crippen molar-refractivity contribution in [1.29, 1.82) is 0 Å². The first kappa shape index (κ1) is 19.2. The van der Waals surface area contributed by atoms with Gasteiger partial charge in [0, 0.05) is 39.9 Å². The van der Waals surface area contributed by atoms with Crippen LogP contribution in [0, 0.1) is 0 Å². The van der Waals surface area contributed by atoms with Gasteiger partial charge in [-0.15, -0.1) is 22.7 Å². The molecule has 1 N–H and O–H groups in total. The fourth-order valence-corrected chi connectivity index (χ4v) is 5.35. The molecule has 0 bridgehead atoms. The average molecular weight is 431 g/mol. The molecule has 28 heavy (non-hydrogen) atoms. The standard InChI is InChI=1S/C21H19ClN2O2S2/c22-15-5-3-14(4-6-15)21(26)23-10-7-19(25)24-11-8-17-16(9-13-28-17)20(24)18-2-1-12-27-18/h1-6,9,12-13,20H,7-8,10-11H2,(H,23,26). The fourth-order valence-electron chi connectivity index (χ4n) is 3.47. The van der Waals surface area contributed by atoms with Crippen molar-refractivity contribution in [3.8, 4) is 0 Å². The van der Waals surface area contributed by atoms with Crippen molar-refractivity contribution in [2.75, 3.05) is 13.1 Å². The molecular formula is C21H19ClN2O2S2. The summed E-state index contributed by atoms with van der Waals surface area (Å²) in [5, 5.41) is 7.56. The van der Waals surface area contributed by atoms with Crippen molar-refractivity contribution in [1.82, 2.24) is 10.2 Å². The molecule has 0 fully saturated rings. The lowest BCUT2D eigenvalue weighted by Gasteiger charge is -2.35. The van der Waals surface area contributed by atoms with Gasteiger partial charge in [0.05, 0.1) is 6.04 Å². The number of halogens is 1. The molecule has 0 radical (unpaired) electrons. The van der Waals surface area contributed by atoms with E-state index in [1.54, 1.807) is 46.9 Å². The predicted octanol–water partition coefficient (Wildman–Crippen LogP) is 4.76. The first-order valence-corrected chi connectivity index (χ1v) is 11.2. The highest BCUT2D eigenvalue weighted by atomic mass is 35.5. The Balaban J connectivity index is 1.41. The second-order valence-corrected chi connectivity index (χ2v) is 8.98. The predicted molar refractivity (Wildman–Crippen MR) is 114 cm³/mol. The van der Waals surface area contributed by atoms with Gasteiger partial charge in [0.25, 0.3) is 5.91 Å². The van der Waals surface area contributed by atoms with E-state index in [1.807, 2.05) is 16.3 Å². The van der Waals surface area contributed by atoms with Crippen LogP contribution in [0.15, 0.2) is 53.2 Å². The van der Waals surface area contributed by atoms with Gasteiger partial charge in [-0.3, -0.25) is 9.59 Å². The molecule has 0 saturated heterocycles. The molecule has 3 heterocycles. The minimum atomic E-state index is -0.196. The lowest BCUT2D eigenvalue weighted by molar-refractivity contribution is -0.133. The zero-order chi connectivity index (χ0) is 19.5. The van der Waals surface area contributed by atoms with E-state index in [0.29, 0.717) is 23.7 Å². The molecule has 0 aliphatic carbocycles. The maximum absolute atomic E-state index is 13.0. The number of fused-ring (bicyclic) bond motifs is 1. The quantitative estimate of drug-likeness (QED) is 0.634. The summed E-state index contributed by atoms with van der Waals surface area (Å²) in [6, 6.07) is 12.9. The van der Waals surface area contributed by atoms with E-state index in [-0.39, 0.29) is 24.3 Å². The third kappa shape index (κ3) is 3.99. The molecular weight excluding hydrogens is 412 g/mol. The van der Waals surface area contributed by atoms with Crippen LogP contribution in [0.25, 0.3) is 0 Å². The van der Waals surface area contributed by atoms with Crippen LogP contribution in [0.2, 0.25) is 5.02 Å². The number of amides is 2. The summed E-state index contributed by atoms with van der Waals surface area (Å²) >= 11 is 9.29. The number of rotatable bonds is 5. The van der Waals surface area contributed by atoms with Crippen LogP contribution in [0.5, 0.6) is 0 Å². The highest BCUT2D eigenvalue weighted by Crippen LogP contribution is 2.39. The van der Waals surface area contributed by atoms with Crippen LogP contribution >= 0.6 is 34.3 Å². The highest BCUT2D eigenvalue weighted by Gasteiger charge is 2.33. The molecule has 2 aromatic heterocycles. The Morgan fingerprint density at radius 2 is 1.93 bits per heavy atom. The van der Waals surface area contributed by atoms with Crippen LogP contribution in [0.4, 0.5) is 0 Å². The Morgan fingerprint density at radius 1 is 1.11 bits per heavy atom. The number of nitrogens with zero attached hydrogens (tertiary/aromatic N) is 1. The van der Waals surface area contributed by atoms with Gasteiger partial charge in [0.2, 0.25) is 5.91 Å². The van der Waals surface area contributed by atoms with E-state index in [1.165, 1.54) is 15.3 Å². The van der Waals surface area contributed by atoms with Gasteiger partial charge in [-0.05, 0) is 59.1 Å². The smallest absolute Gasteiger partial charge is 0.251 e. The van der Waals surface area contributed by atoms with Gasteiger partial charge in [0.15, 0.2) is 0 Å². The van der Waals surface area contributed by atoms with Crippen LogP contribution in [0.1, 0.15) is 38.1 Å². The zero-order valence-electron chi connectivity index (χ0n) is 15.1. The minimum absolute atomic E-state index is 0.0190. The normalized spacial score (nSPS) is 15.9. The summed E-state index contributed by atoms with van der Waals surface area (Å²) in [5.41, 5.74) is 1.77. The van der Waals surface area contributed by atoms with Crippen molar-refractivity contribution >= 4 is 46.1 Å². The van der Waals surface area contributed by atoms with E-state index in [2.05, 4.69) is 22.8 Å². The maximum atomic E-state index is 13.0. The average Bonchev–Trinajstić information content (AvgIpc) is 3.39. The first-order chi connectivity index (χ1) is 13.6. The molecule has 3 aromatic rings. The summed E-state index contributed by atoms with van der Waals surface area (Å²) in [7, 11) is 0. The lowest BCUT2D eigenvalue weighted by Crippen LogP contribution is -2.41. The minimum Gasteiger partial charge on any atom is -0.352 e. The number of thiophene rings is 2. The van der Waals surface area contributed by atoms with E-state index < -0.39 is 0 Å². The Labute approximate surface area is 176 Å². The van der Waals surface area contributed by atoms with Gasteiger partial charge in [-0.25, -0.2) is 0 Å². The van der Waals surface area contributed by atoms with Crippen molar-refractivity contribution in [3.63, 3.8) is 0 Å². The number of hydrogen-bond acceptors (Lipinski definition) is 4. The van der Waals surface area contributed by atoms with E-state index >= 15 is 0 Å². The fraction of sp³-hybridized carbons (Fsp3) is 0.238. The zero-order valence-corrected chi connectivity index (χ0v) is 17.4. The largest absolute Gasteiger partial charge is 0.352 e. The molecule has 1 aliphatic heterocycles. The van der Waals surface area contributed by atoms with Crippen molar-refractivity contribution < 1.29 is 9.59 Å². The van der Waals surface area contributed by atoms with Gasteiger partial charge < -0.3 is 10.2 Å². The Bertz CT molecular complexity index is 967. The summed E-state index contributed by atoms with van der Waals surface area (Å²) in [5.74, 6) is -0.135. The molecule has 4 rings (SSSR count). The highest BCUT2D eigenvalue weighted by molar-refractivity contribution is 7.10. The van der Waals surface area contributed by atoms with E-state index in [4.69, 9.17) is 11.6 Å². The van der Waals surface area contributed by atoms with Crippen LogP contribution in [-0.4, -0.2) is 29.8 Å². The van der Waals surface area contributed by atoms with Crippen molar-refractivity contribution in [3.05, 3.63) is 79.1 Å². The van der Waals surface area contributed by atoms with Gasteiger partial charge in [-0.1, -0.05) is 17.7 Å². The second kappa shape index (κ2) is 8.47. The number of nitrogens with one attached hydrogen (secondary N) is 1. The molecule has 4 nitrogen and oxygen atoms in total. The summed E-state index contributed by atoms with van der Waals surface area (Å²) in [6.07, 6.45) is 1.17. The molecule has 1 unspecified atom stereocenters. The third-order valence-electron chi connectivity index (χ3n) is 4.83. The van der Waals surface area contributed by atoms with Crippen LogP contribution < -0.4 is 5.32 Å². The number of carbonyl (C=O) groups is 2. The van der Waals surface area contributed by atoms with E-state index in [0.717, 1.165) is 6.42 Å². The number of carbonyl (C=O) groups excluding carboxylic acids is 2. The Morgan fingerprint density at radius 3 is 2.68 bits per heavy atom. The van der Waals surface area contributed by atoms with Crippen LogP contribution in [-0.2, 0) is 11.2 Å². The summed E-state index contributed by atoms with van der Waals surface area (Å²) < 4.78 is 0. The van der Waals surface area contributed by atoms with Crippen LogP contribution in [0.3, 0.4) is 0 Å². The maximum Gasteiger partial charge on any atom is 0.251 e. The van der Waals surface area contributed by atoms with Crippen molar-refractivity contribution in [2.24, 2.45) is 0 Å². The lowest BCUT2D eigenvalue weighted by atomic mass is 9.98. The summed E-state index contributed by atoms with van der Waals surface area (Å²) in [6.45, 7) is 1.02. The second-order valence-electron chi connectivity index (χ2n) is 6.57. The SMILES string of the molecule is O=C(NCCC(=O)N1CCc2sccc2C1c1cccs1)c1ccc(Cl)cc1. The molecule has 1 aliphatic rings. The number of hydrogen-bond donors (Lipinski definition) is 1. The molecule has 7 heteroatoms. The van der Waals surface area contributed by atoms with Gasteiger partial charge in [0.1, 0.15) is 0 Å². The molecule has 1 aromatic carbocycles. The molecule has 2 amide bonds. The Kier molecular flexibility index (Phi) is 5.80. The molecule has 0 saturated carbocycles. The Hall–Kier alpha value is -2.15. The van der Waals surface area contributed by atoms with E-state index in [9.17, 15) is 9.59 Å².